The SMILES string of the molecule is Cc1cc2c(cc1C(O)C(C)(C)CN)OCCO2. The van der Waals surface area contributed by atoms with Gasteiger partial charge in [0.1, 0.15) is 13.2 Å². The van der Waals surface area contributed by atoms with Crippen LogP contribution in [0.5, 0.6) is 11.5 Å². The summed E-state index contributed by atoms with van der Waals surface area (Å²) < 4.78 is 11.1. The van der Waals surface area contributed by atoms with Crippen LogP contribution in [0.3, 0.4) is 0 Å². The average molecular weight is 251 g/mol. The van der Waals surface area contributed by atoms with E-state index in [9.17, 15) is 5.11 Å². The maximum absolute atomic E-state index is 10.5. The fourth-order valence-corrected chi connectivity index (χ4v) is 2.03. The molecular weight excluding hydrogens is 230 g/mol. The van der Waals surface area contributed by atoms with Gasteiger partial charge in [-0.05, 0) is 30.2 Å². The van der Waals surface area contributed by atoms with Gasteiger partial charge in [0.15, 0.2) is 11.5 Å². The number of hydrogen-bond donors (Lipinski definition) is 2. The quantitative estimate of drug-likeness (QED) is 0.859. The van der Waals surface area contributed by atoms with Gasteiger partial charge in [0, 0.05) is 12.0 Å². The van der Waals surface area contributed by atoms with Crippen LogP contribution < -0.4 is 15.2 Å². The van der Waals surface area contributed by atoms with Crippen LogP contribution in [0, 0.1) is 12.3 Å². The molecule has 0 fully saturated rings. The van der Waals surface area contributed by atoms with E-state index in [1.165, 1.54) is 0 Å². The molecule has 4 nitrogen and oxygen atoms in total. The van der Waals surface area contributed by atoms with E-state index < -0.39 is 6.10 Å². The normalized spacial score (nSPS) is 16.5. The summed E-state index contributed by atoms with van der Waals surface area (Å²) in [5, 5.41) is 10.5. The van der Waals surface area contributed by atoms with Crippen molar-refractivity contribution in [3.8, 4) is 11.5 Å². The maximum atomic E-state index is 10.5. The summed E-state index contributed by atoms with van der Waals surface area (Å²) in [5.41, 5.74) is 7.20. The highest BCUT2D eigenvalue weighted by molar-refractivity contribution is 5.48. The average Bonchev–Trinajstić information content (AvgIpc) is 2.37. The van der Waals surface area contributed by atoms with E-state index in [2.05, 4.69) is 0 Å². The molecular formula is C14H21NO3. The van der Waals surface area contributed by atoms with E-state index in [4.69, 9.17) is 15.2 Å². The van der Waals surface area contributed by atoms with Crippen LogP contribution in [0.25, 0.3) is 0 Å². The number of rotatable bonds is 3. The Morgan fingerprint density at radius 3 is 2.39 bits per heavy atom. The van der Waals surface area contributed by atoms with Crippen LogP contribution >= 0.6 is 0 Å². The highest BCUT2D eigenvalue weighted by Crippen LogP contribution is 2.40. The number of aliphatic hydroxyl groups is 1. The number of aliphatic hydroxyl groups excluding tert-OH is 1. The summed E-state index contributed by atoms with van der Waals surface area (Å²) >= 11 is 0. The monoisotopic (exact) mass is 251 g/mol. The maximum Gasteiger partial charge on any atom is 0.161 e. The van der Waals surface area contributed by atoms with E-state index in [1.54, 1.807) is 0 Å². The zero-order chi connectivity index (χ0) is 13.3. The van der Waals surface area contributed by atoms with Crippen molar-refractivity contribution < 1.29 is 14.6 Å². The molecule has 1 aliphatic rings. The molecule has 0 aliphatic carbocycles. The predicted molar refractivity (Wildman–Crippen MR) is 70.0 cm³/mol. The van der Waals surface area contributed by atoms with Crippen LogP contribution in [-0.4, -0.2) is 24.9 Å². The second-order valence-electron chi connectivity index (χ2n) is 5.45. The summed E-state index contributed by atoms with van der Waals surface area (Å²) in [6, 6.07) is 3.78. The van der Waals surface area contributed by atoms with Gasteiger partial charge in [-0.2, -0.15) is 0 Å². The van der Waals surface area contributed by atoms with E-state index in [0.29, 0.717) is 25.5 Å². The molecule has 0 saturated heterocycles. The minimum Gasteiger partial charge on any atom is -0.486 e. The molecule has 2 rings (SSSR count). The van der Waals surface area contributed by atoms with E-state index >= 15 is 0 Å². The molecule has 18 heavy (non-hydrogen) atoms. The number of benzene rings is 1. The second-order valence-corrected chi connectivity index (χ2v) is 5.45. The minimum absolute atomic E-state index is 0.367. The predicted octanol–water partition coefficient (Wildman–Crippen LogP) is 1.78. The van der Waals surface area contributed by atoms with Crippen molar-refractivity contribution in [1.82, 2.24) is 0 Å². The minimum atomic E-state index is -0.613. The Labute approximate surface area is 108 Å². The van der Waals surface area contributed by atoms with Gasteiger partial charge in [-0.3, -0.25) is 0 Å². The molecule has 0 saturated carbocycles. The lowest BCUT2D eigenvalue weighted by Gasteiger charge is -2.31. The van der Waals surface area contributed by atoms with Crippen LogP contribution in [0.1, 0.15) is 31.1 Å². The first-order valence-electron chi connectivity index (χ1n) is 6.24. The van der Waals surface area contributed by atoms with Gasteiger partial charge in [0.25, 0.3) is 0 Å². The number of hydrogen-bond acceptors (Lipinski definition) is 4. The van der Waals surface area contributed by atoms with Gasteiger partial charge < -0.3 is 20.3 Å². The van der Waals surface area contributed by atoms with Crippen molar-refractivity contribution in [2.45, 2.75) is 26.9 Å². The lowest BCUT2D eigenvalue weighted by Crippen LogP contribution is -2.31. The molecule has 0 aromatic heterocycles. The van der Waals surface area contributed by atoms with Gasteiger partial charge in [0.2, 0.25) is 0 Å². The highest BCUT2D eigenvalue weighted by atomic mass is 16.6. The van der Waals surface area contributed by atoms with Crippen LogP contribution in [0.15, 0.2) is 12.1 Å². The van der Waals surface area contributed by atoms with Crippen molar-refractivity contribution >= 4 is 0 Å². The van der Waals surface area contributed by atoms with Gasteiger partial charge in [-0.25, -0.2) is 0 Å². The zero-order valence-electron chi connectivity index (χ0n) is 11.2. The van der Waals surface area contributed by atoms with Crippen molar-refractivity contribution in [1.29, 1.82) is 0 Å². The first-order valence-corrected chi connectivity index (χ1v) is 6.24. The van der Waals surface area contributed by atoms with Crippen LogP contribution in [0.2, 0.25) is 0 Å². The smallest absolute Gasteiger partial charge is 0.161 e. The summed E-state index contributed by atoms with van der Waals surface area (Å²) in [5.74, 6) is 1.45. The summed E-state index contributed by atoms with van der Waals surface area (Å²) in [7, 11) is 0. The lowest BCUT2D eigenvalue weighted by atomic mass is 9.81. The Hall–Kier alpha value is -1.26. The molecule has 1 heterocycles. The Kier molecular flexibility index (Phi) is 3.50. The number of fused-ring (bicyclic) bond motifs is 1. The Morgan fingerprint density at radius 2 is 1.83 bits per heavy atom. The van der Waals surface area contributed by atoms with E-state index in [0.717, 1.165) is 16.9 Å². The summed E-state index contributed by atoms with van der Waals surface area (Å²) in [6.07, 6.45) is -0.613. The van der Waals surface area contributed by atoms with Crippen molar-refractivity contribution in [3.63, 3.8) is 0 Å². The molecule has 1 aromatic rings. The molecule has 4 heteroatoms. The molecule has 1 atom stereocenters. The van der Waals surface area contributed by atoms with Crippen LogP contribution in [-0.2, 0) is 0 Å². The first-order chi connectivity index (χ1) is 8.45. The molecule has 1 aromatic carbocycles. The second kappa shape index (κ2) is 4.78. The third-order valence-electron chi connectivity index (χ3n) is 3.49. The Balaban J connectivity index is 2.39. The van der Waals surface area contributed by atoms with E-state index in [1.807, 2.05) is 32.9 Å². The zero-order valence-corrected chi connectivity index (χ0v) is 11.2. The third kappa shape index (κ3) is 2.31. The van der Waals surface area contributed by atoms with Gasteiger partial charge in [-0.15, -0.1) is 0 Å². The number of aryl methyl sites for hydroxylation is 1. The van der Waals surface area contributed by atoms with Crippen molar-refractivity contribution in [2.75, 3.05) is 19.8 Å². The molecule has 100 valence electrons. The fourth-order valence-electron chi connectivity index (χ4n) is 2.03. The number of ether oxygens (including phenoxy) is 2. The molecule has 0 spiro atoms. The first kappa shape index (κ1) is 13.2. The topological polar surface area (TPSA) is 64.7 Å². The standard InChI is InChI=1S/C14H21NO3/c1-9-6-11-12(18-5-4-17-11)7-10(9)13(16)14(2,3)8-15/h6-7,13,16H,4-5,8,15H2,1-3H3. The summed E-state index contributed by atoms with van der Waals surface area (Å²) in [4.78, 5) is 0. The summed E-state index contributed by atoms with van der Waals surface area (Å²) in [6.45, 7) is 7.40. The largest absolute Gasteiger partial charge is 0.486 e. The van der Waals surface area contributed by atoms with Crippen LogP contribution in [0.4, 0.5) is 0 Å². The third-order valence-corrected chi connectivity index (χ3v) is 3.49. The van der Waals surface area contributed by atoms with E-state index in [-0.39, 0.29) is 5.41 Å². The van der Waals surface area contributed by atoms with Crippen molar-refractivity contribution in [2.24, 2.45) is 11.1 Å². The molecule has 0 radical (unpaired) electrons. The number of nitrogens with two attached hydrogens (primary N) is 1. The molecule has 1 unspecified atom stereocenters. The molecule has 3 N–H and O–H groups in total. The molecule has 0 amide bonds. The van der Waals surface area contributed by atoms with Gasteiger partial charge in [-0.1, -0.05) is 13.8 Å². The van der Waals surface area contributed by atoms with Crippen molar-refractivity contribution in [3.05, 3.63) is 23.3 Å². The lowest BCUT2D eigenvalue weighted by molar-refractivity contribution is 0.0544. The molecule has 1 aliphatic heterocycles. The van der Waals surface area contributed by atoms with Gasteiger partial charge >= 0.3 is 0 Å². The fraction of sp³-hybridized carbons (Fsp3) is 0.571. The van der Waals surface area contributed by atoms with Gasteiger partial charge in [0.05, 0.1) is 6.10 Å². The Morgan fingerprint density at radius 1 is 1.28 bits per heavy atom. The Bertz CT molecular complexity index is 443. The highest BCUT2D eigenvalue weighted by Gasteiger charge is 2.30. The molecule has 0 bridgehead atoms.